The van der Waals surface area contributed by atoms with Gasteiger partial charge in [-0.3, -0.25) is 4.79 Å². The highest BCUT2D eigenvalue weighted by atomic mass is 79.9. The number of carboxylic acid groups (broad SMARTS) is 1. The van der Waals surface area contributed by atoms with Gasteiger partial charge in [-0.05, 0) is 28.1 Å². The van der Waals surface area contributed by atoms with Crippen LogP contribution in [0.1, 0.15) is 6.42 Å². The van der Waals surface area contributed by atoms with Crippen LogP contribution in [0.2, 0.25) is 0 Å². The van der Waals surface area contributed by atoms with Gasteiger partial charge in [-0.2, -0.15) is 0 Å². The molecule has 0 atom stereocenters. The van der Waals surface area contributed by atoms with Crippen molar-refractivity contribution in [3.05, 3.63) is 22.7 Å². The largest absolute Gasteiger partial charge is 0.497 e. The molecule has 0 radical (unpaired) electrons. The number of urea groups is 1. The predicted molar refractivity (Wildman–Crippen MR) is 74.6 cm³/mol. The summed E-state index contributed by atoms with van der Waals surface area (Å²) in [6.45, 7) is 0.142. The Bertz CT molecular complexity index is 479. The Hall–Kier alpha value is -1.76. The maximum Gasteiger partial charge on any atom is 0.321 e. The van der Waals surface area contributed by atoms with E-state index in [1.54, 1.807) is 18.2 Å². The molecule has 1 rings (SSSR count). The van der Waals surface area contributed by atoms with Crippen LogP contribution in [0.15, 0.2) is 22.7 Å². The minimum absolute atomic E-state index is 0.0940. The number of carboxylic acids is 1. The summed E-state index contributed by atoms with van der Waals surface area (Å²) in [5, 5.41) is 11.2. The smallest absolute Gasteiger partial charge is 0.321 e. The van der Waals surface area contributed by atoms with Crippen LogP contribution in [-0.4, -0.2) is 42.7 Å². The molecule has 0 fully saturated rings. The van der Waals surface area contributed by atoms with Crippen LogP contribution in [0.3, 0.4) is 0 Å². The van der Waals surface area contributed by atoms with Crippen molar-refractivity contribution in [1.29, 1.82) is 0 Å². The number of rotatable bonds is 5. The number of carbonyl (C=O) groups excluding carboxylic acids is 1. The van der Waals surface area contributed by atoms with Crippen LogP contribution in [0.25, 0.3) is 0 Å². The molecule has 0 bridgehead atoms. The molecule has 0 aliphatic rings. The molecule has 0 heterocycles. The van der Waals surface area contributed by atoms with Crippen LogP contribution in [0.4, 0.5) is 10.5 Å². The van der Waals surface area contributed by atoms with Crippen molar-refractivity contribution >= 4 is 33.6 Å². The van der Waals surface area contributed by atoms with Crippen molar-refractivity contribution in [3.8, 4) is 5.75 Å². The van der Waals surface area contributed by atoms with Gasteiger partial charge in [0.15, 0.2) is 0 Å². The minimum Gasteiger partial charge on any atom is -0.497 e. The summed E-state index contributed by atoms with van der Waals surface area (Å²) in [5.74, 6) is -0.325. The van der Waals surface area contributed by atoms with Crippen molar-refractivity contribution in [2.75, 3.05) is 26.0 Å². The molecule has 7 heteroatoms. The Kier molecular flexibility index (Phi) is 5.62. The third kappa shape index (κ3) is 4.78. The zero-order valence-corrected chi connectivity index (χ0v) is 12.2. The quantitative estimate of drug-likeness (QED) is 0.868. The second-order valence-electron chi connectivity index (χ2n) is 3.84. The van der Waals surface area contributed by atoms with E-state index in [-0.39, 0.29) is 19.0 Å². The first-order valence-electron chi connectivity index (χ1n) is 5.51. The molecular weight excluding hydrogens is 316 g/mol. The first-order chi connectivity index (χ1) is 8.93. The highest BCUT2D eigenvalue weighted by molar-refractivity contribution is 9.10. The molecule has 6 nitrogen and oxygen atoms in total. The number of anilines is 1. The van der Waals surface area contributed by atoms with Crippen LogP contribution in [0.5, 0.6) is 5.75 Å². The van der Waals surface area contributed by atoms with Crippen molar-refractivity contribution in [2.45, 2.75) is 6.42 Å². The number of ether oxygens (including phenoxy) is 1. The van der Waals surface area contributed by atoms with Crippen LogP contribution < -0.4 is 10.1 Å². The number of methoxy groups -OCH3 is 1. The standard InChI is InChI=1S/C12H15BrN2O4/c1-15(6-5-11(16)17)12(18)14-10-7-8(19-2)3-4-9(10)13/h3-4,7H,5-6H2,1-2H3,(H,14,18)(H,16,17). The highest BCUT2D eigenvalue weighted by Gasteiger charge is 2.12. The van der Waals surface area contributed by atoms with Gasteiger partial charge < -0.3 is 20.1 Å². The van der Waals surface area contributed by atoms with Gasteiger partial charge in [0.1, 0.15) is 5.75 Å². The molecule has 104 valence electrons. The van der Waals surface area contributed by atoms with E-state index in [1.165, 1.54) is 19.1 Å². The van der Waals surface area contributed by atoms with Crippen molar-refractivity contribution in [2.24, 2.45) is 0 Å². The molecule has 2 N–H and O–H groups in total. The fourth-order valence-electron chi connectivity index (χ4n) is 1.30. The molecule has 0 saturated carbocycles. The zero-order valence-electron chi connectivity index (χ0n) is 10.6. The Morgan fingerprint density at radius 3 is 2.74 bits per heavy atom. The first kappa shape index (κ1) is 15.3. The first-order valence-corrected chi connectivity index (χ1v) is 6.30. The number of benzene rings is 1. The van der Waals surface area contributed by atoms with Crippen molar-refractivity contribution in [3.63, 3.8) is 0 Å². The van der Waals surface area contributed by atoms with E-state index in [1.807, 2.05) is 0 Å². The molecule has 0 saturated heterocycles. The van der Waals surface area contributed by atoms with E-state index < -0.39 is 5.97 Å². The summed E-state index contributed by atoms with van der Waals surface area (Å²) in [4.78, 5) is 23.6. The van der Waals surface area contributed by atoms with Crippen LogP contribution in [0, 0.1) is 0 Å². The van der Waals surface area contributed by atoms with Crippen molar-refractivity contribution < 1.29 is 19.4 Å². The van der Waals surface area contributed by atoms with Gasteiger partial charge in [0.2, 0.25) is 0 Å². The average molecular weight is 331 g/mol. The second kappa shape index (κ2) is 6.98. The number of hydrogen-bond acceptors (Lipinski definition) is 3. The van der Waals surface area contributed by atoms with Gasteiger partial charge in [0.05, 0.1) is 19.2 Å². The summed E-state index contributed by atoms with van der Waals surface area (Å²) >= 11 is 3.32. The lowest BCUT2D eigenvalue weighted by Crippen LogP contribution is -2.33. The maximum atomic E-state index is 11.8. The molecule has 0 aliphatic heterocycles. The Morgan fingerprint density at radius 1 is 1.47 bits per heavy atom. The monoisotopic (exact) mass is 330 g/mol. The SMILES string of the molecule is COc1ccc(Br)c(NC(=O)N(C)CCC(=O)O)c1. The van der Waals surface area contributed by atoms with Gasteiger partial charge in [-0.15, -0.1) is 0 Å². The van der Waals surface area contributed by atoms with Crippen molar-refractivity contribution in [1.82, 2.24) is 4.90 Å². The number of halogens is 1. The maximum absolute atomic E-state index is 11.8. The van der Waals surface area contributed by atoms with Crippen LogP contribution >= 0.6 is 15.9 Å². The molecule has 2 amide bonds. The number of aliphatic carboxylic acids is 1. The second-order valence-corrected chi connectivity index (χ2v) is 4.70. The average Bonchev–Trinajstić information content (AvgIpc) is 2.38. The third-order valence-electron chi connectivity index (χ3n) is 2.42. The summed E-state index contributed by atoms with van der Waals surface area (Å²) in [7, 11) is 3.07. The molecule has 0 aromatic heterocycles. The van der Waals surface area contributed by atoms with E-state index in [0.29, 0.717) is 15.9 Å². The lowest BCUT2D eigenvalue weighted by molar-refractivity contribution is -0.137. The fourth-order valence-corrected chi connectivity index (χ4v) is 1.65. The van der Waals surface area contributed by atoms with E-state index in [2.05, 4.69) is 21.2 Å². The minimum atomic E-state index is -0.942. The highest BCUT2D eigenvalue weighted by Crippen LogP contribution is 2.27. The number of carbonyl (C=O) groups is 2. The molecule has 0 aliphatic carbocycles. The summed E-state index contributed by atoms with van der Waals surface area (Å²) < 4.78 is 5.78. The Labute approximate surface area is 119 Å². The number of amides is 2. The third-order valence-corrected chi connectivity index (χ3v) is 3.11. The number of hydrogen-bond donors (Lipinski definition) is 2. The van der Waals surface area contributed by atoms with Crippen LogP contribution in [-0.2, 0) is 4.79 Å². The number of nitrogens with zero attached hydrogens (tertiary/aromatic N) is 1. The lowest BCUT2D eigenvalue weighted by atomic mass is 10.3. The normalized spacial score (nSPS) is 9.84. The van der Waals surface area contributed by atoms with E-state index >= 15 is 0 Å². The Morgan fingerprint density at radius 2 is 2.16 bits per heavy atom. The molecule has 19 heavy (non-hydrogen) atoms. The van der Waals surface area contributed by atoms with E-state index in [0.717, 1.165) is 0 Å². The summed E-state index contributed by atoms with van der Waals surface area (Å²) in [6.07, 6.45) is -0.0940. The summed E-state index contributed by atoms with van der Waals surface area (Å²) in [5.41, 5.74) is 0.562. The van der Waals surface area contributed by atoms with Gasteiger partial charge in [-0.25, -0.2) is 4.79 Å². The van der Waals surface area contributed by atoms with Gasteiger partial charge in [0, 0.05) is 24.1 Å². The molecular formula is C12H15BrN2O4. The van der Waals surface area contributed by atoms with Gasteiger partial charge >= 0.3 is 12.0 Å². The molecule has 1 aromatic carbocycles. The lowest BCUT2D eigenvalue weighted by Gasteiger charge is -2.17. The fraction of sp³-hybridized carbons (Fsp3) is 0.333. The van der Waals surface area contributed by atoms with E-state index in [4.69, 9.17) is 9.84 Å². The number of nitrogens with one attached hydrogen (secondary N) is 1. The topological polar surface area (TPSA) is 78.9 Å². The predicted octanol–water partition coefficient (Wildman–Crippen LogP) is 2.40. The zero-order chi connectivity index (χ0) is 14.4. The summed E-state index contributed by atoms with van der Waals surface area (Å²) in [6, 6.07) is 4.81. The molecule has 0 spiro atoms. The molecule has 1 aromatic rings. The molecule has 0 unspecified atom stereocenters. The van der Waals surface area contributed by atoms with Gasteiger partial charge in [0.25, 0.3) is 0 Å². The Balaban J connectivity index is 2.68. The van der Waals surface area contributed by atoms with E-state index in [9.17, 15) is 9.59 Å². The van der Waals surface area contributed by atoms with Gasteiger partial charge in [-0.1, -0.05) is 0 Å².